The third-order valence-corrected chi connectivity index (χ3v) is 5.08. The van der Waals surface area contributed by atoms with Crippen molar-refractivity contribution < 1.29 is 19.1 Å². The summed E-state index contributed by atoms with van der Waals surface area (Å²) in [4.78, 5) is 42.0. The second kappa shape index (κ2) is 5.25. The van der Waals surface area contributed by atoms with Crippen molar-refractivity contribution in [2.45, 2.75) is 31.8 Å². The maximum Gasteiger partial charge on any atom is 0.302 e. The van der Waals surface area contributed by atoms with E-state index >= 15 is 0 Å². The summed E-state index contributed by atoms with van der Waals surface area (Å²) in [6.45, 7) is 1.78. The minimum atomic E-state index is -0.473. The normalized spacial score (nSPS) is 25.9. The number of carbonyl (C=O) groups excluding carboxylic acids is 2. The lowest BCUT2D eigenvalue weighted by Gasteiger charge is -2.24. The van der Waals surface area contributed by atoms with E-state index in [1.54, 1.807) is 42.0 Å². The Labute approximate surface area is 148 Å². The Bertz CT molecular complexity index is 979. The van der Waals surface area contributed by atoms with E-state index in [1.165, 1.54) is 4.90 Å². The first kappa shape index (κ1) is 15.3. The number of hydrogen-bond acceptors (Lipinski definition) is 6. The van der Waals surface area contributed by atoms with Crippen molar-refractivity contribution in [1.29, 1.82) is 0 Å². The molecule has 1 saturated heterocycles. The van der Waals surface area contributed by atoms with Crippen LogP contribution < -0.4 is 10.3 Å². The first-order valence-corrected chi connectivity index (χ1v) is 8.40. The Morgan fingerprint density at radius 1 is 1.15 bits per heavy atom. The first-order valence-electron chi connectivity index (χ1n) is 8.40. The van der Waals surface area contributed by atoms with Gasteiger partial charge in [0.25, 0.3) is 17.4 Å². The van der Waals surface area contributed by atoms with E-state index in [-0.39, 0.29) is 42.3 Å². The van der Waals surface area contributed by atoms with Crippen LogP contribution in [-0.2, 0) is 4.74 Å². The third kappa shape index (κ3) is 2.05. The molecule has 3 aliphatic heterocycles. The molecule has 8 nitrogen and oxygen atoms in total. The number of nitrogens with zero attached hydrogens (tertiary/aromatic N) is 3. The zero-order valence-electron chi connectivity index (χ0n) is 13.9. The van der Waals surface area contributed by atoms with Crippen molar-refractivity contribution in [3.63, 3.8) is 0 Å². The lowest BCUT2D eigenvalue weighted by molar-refractivity contribution is -0.0101. The Morgan fingerprint density at radius 2 is 1.85 bits per heavy atom. The topological polar surface area (TPSA) is 90.7 Å². The van der Waals surface area contributed by atoms with Gasteiger partial charge in [0.1, 0.15) is 18.4 Å². The van der Waals surface area contributed by atoms with E-state index in [0.717, 1.165) is 0 Å². The summed E-state index contributed by atoms with van der Waals surface area (Å²) < 4.78 is 13.5. The molecule has 3 unspecified atom stereocenters. The third-order valence-electron chi connectivity index (χ3n) is 5.08. The number of amides is 2. The molecule has 2 bridgehead atoms. The van der Waals surface area contributed by atoms with Crippen molar-refractivity contribution in [1.82, 2.24) is 14.5 Å². The average Bonchev–Trinajstić information content (AvgIpc) is 3.08. The van der Waals surface area contributed by atoms with E-state index in [0.29, 0.717) is 23.1 Å². The van der Waals surface area contributed by atoms with Gasteiger partial charge in [-0.05, 0) is 19.1 Å². The minimum absolute atomic E-state index is 0.102. The van der Waals surface area contributed by atoms with Crippen molar-refractivity contribution in [3.8, 4) is 6.01 Å². The highest BCUT2D eigenvalue weighted by atomic mass is 16.6. The van der Waals surface area contributed by atoms with Crippen LogP contribution >= 0.6 is 0 Å². The number of imide groups is 1. The van der Waals surface area contributed by atoms with Crippen molar-refractivity contribution >= 4 is 11.8 Å². The Hall–Kier alpha value is -3.00. The second-order valence-electron chi connectivity index (χ2n) is 6.71. The number of fused-ring (bicyclic) bond motifs is 5. The SMILES string of the molecule is Cc1cn2c(nc1=O)OC1CC2OC1CN1C(=O)c2ccccc2C1=O. The summed E-state index contributed by atoms with van der Waals surface area (Å²) in [5, 5.41) is 0. The van der Waals surface area contributed by atoms with Crippen LogP contribution in [0.2, 0.25) is 0 Å². The number of aryl methyl sites for hydroxylation is 1. The van der Waals surface area contributed by atoms with E-state index in [4.69, 9.17) is 9.47 Å². The Morgan fingerprint density at radius 3 is 2.54 bits per heavy atom. The Kier molecular flexibility index (Phi) is 3.08. The molecule has 3 aliphatic rings. The molecule has 3 atom stereocenters. The van der Waals surface area contributed by atoms with E-state index in [2.05, 4.69) is 4.98 Å². The first-order chi connectivity index (χ1) is 12.5. The van der Waals surface area contributed by atoms with Gasteiger partial charge in [0.15, 0.2) is 0 Å². The molecule has 8 heteroatoms. The molecule has 1 aromatic heterocycles. The maximum atomic E-state index is 12.5. The molecule has 5 rings (SSSR count). The van der Waals surface area contributed by atoms with Gasteiger partial charge in [0, 0.05) is 18.2 Å². The summed E-state index contributed by atoms with van der Waals surface area (Å²) in [6.07, 6.45) is 1.08. The molecule has 2 aromatic rings. The van der Waals surface area contributed by atoms with Crippen LogP contribution in [0.3, 0.4) is 0 Å². The molecule has 132 valence electrons. The maximum absolute atomic E-state index is 12.5. The van der Waals surface area contributed by atoms with E-state index < -0.39 is 6.10 Å². The molecule has 0 saturated carbocycles. The predicted molar refractivity (Wildman–Crippen MR) is 88.0 cm³/mol. The van der Waals surface area contributed by atoms with E-state index in [9.17, 15) is 14.4 Å². The average molecular weight is 353 g/mol. The number of carbonyl (C=O) groups is 2. The summed E-state index contributed by atoms with van der Waals surface area (Å²) in [7, 11) is 0. The number of rotatable bonds is 2. The lowest BCUT2D eigenvalue weighted by atomic mass is 10.1. The van der Waals surface area contributed by atoms with Gasteiger partial charge in [-0.3, -0.25) is 23.9 Å². The van der Waals surface area contributed by atoms with Gasteiger partial charge in [0.05, 0.1) is 17.7 Å². The van der Waals surface area contributed by atoms with Crippen LogP contribution in [0.15, 0.2) is 35.3 Å². The van der Waals surface area contributed by atoms with Crippen molar-refractivity contribution in [3.05, 3.63) is 57.5 Å². The van der Waals surface area contributed by atoms with Gasteiger partial charge in [-0.25, -0.2) is 0 Å². The Balaban J connectivity index is 1.41. The standard InChI is InChI=1S/C18H15N3O5/c1-9-7-20-14-6-12(26-18(20)19-15(9)22)13(25-14)8-21-16(23)10-4-2-3-5-11(10)17(21)24/h2-5,7,12-14H,6,8H2,1H3. The minimum Gasteiger partial charge on any atom is -0.458 e. The fraction of sp³-hybridized carbons (Fsp3) is 0.333. The van der Waals surface area contributed by atoms with Crippen LogP contribution in [0.25, 0.3) is 0 Å². The largest absolute Gasteiger partial charge is 0.458 e. The van der Waals surface area contributed by atoms with Crippen molar-refractivity contribution in [2.75, 3.05) is 6.54 Å². The molecule has 0 aliphatic carbocycles. The van der Waals surface area contributed by atoms with Crippen LogP contribution in [0.5, 0.6) is 6.01 Å². The van der Waals surface area contributed by atoms with Gasteiger partial charge in [0.2, 0.25) is 0 Å². The van der Waals surface area contributed by atoms with Crippen LogP contribution in [-0.4, -0.2) is 45.0 Å². The monoisotopic (exact) mass is 353 g/mol. The fourth-order valence-electron chi connectivity index (χ4n) is 3.72. The highest BCUT2D eigenvalue weighted by Crippen LogP contribution is 2.38. The zero-order chi connectivity index (χ0) is 18.0. The molecule has 1 fully saturated rings. The van der Waals surface area contributed by atoms with Crippen LogP contribution in [0.4, 0.5) is 0 Å². The van der Waals surface area contributed by atoms with Gasteiger partial charge < -0.3 is 9.47 Å². The number of hydrogen-bond donors (Lipinski definition) is 0. The molecule has 0 radical (unpaired) electrons. The molecular weight excluding hydrogens is 338 g/mol. The lowest BCUT2D eigenvalue weighted by Crippen LogP contribution is -2.42. The molecule has 0 N–H and O–H groups in total. The summed E-state index contributed by atoms with van der Waals surface area (Å²) in [5.41, 5.74) is 0.980. The molecule has 0 spiro atoms. The van der Waals surface area contributed by atoms with Crippen molar-refractivity contribution in [2.24, 2.45) is 0 Å². The quantitative estimate of drug-likeness (QED) is 0.745. The summed E-state index contributed by atoms with van der Waals surface area (Å²) >= 11 is 0. The predicted octanol–water partition coefficient (Wildman–Crippen LogP) is 0.896. The summed E-state index contributed by atoms with van der Waals surface area (Å²) in [5.74, 6) is -0.645. The molecule has 4 heterocycles. The summed E-state index contributed by atoms with van der Waals surface area (Å²) in [6, 6.07) is 6.98. The highest BCUT2D eigenvalue weighted by molar-refractivity contribution is 6.21. The van der Waals surface area contributed by atoms with Crippen LogP contribution in [0.1, 0.15) is 38.9 Å². The number of ether oxygens (including phenoxy) is 2. The van der Waals surface area contributed by atoms with Crippen LogP contribution in [0, 0.1) is 6.92 Å². The molecular formula is C18H15N3O5. The van der Waals surface area contributed by atoms with Gasteiger partial charge >= 0.3 is 6.01 Å². The van der Waals surface area contributed by atoms with Gasteiger partial charge in [-0.15, -0.1) is 0 Å². The highest BCUT2D eigenvalue weighted by Gasteiger charge is 2.46. The number of benzene rings is 1. The molecule has 2 amide bonds. The number of aromatic nitrogens is 2. The fourth-order valence-corrected chi connectivity index (χ4v) is 3.72. The second-order valence-corrected chi connectivity index (χ2v) is 6.71. The molecule has 1 aromatic carbocycles. The zero-order valence-corrected chi connectivity index (χ0v) is 13.9. The van der Waals surface area contributed by atoms with E-state index in [1.807, 2.05) is 0 Å². The van der Waals surface area contributed by atoms with Gasteiger partial charge in [-0.2, -0.15) is 4.98 Å². The van der Waals surface area contributed by atoms with Gasteiger partial charge in [-0.1, -0.05) is 12.1 Å². The smallest absolute Gasteiger partial charge is 0.302 e. The molecule has 26 heavy (non-hydrogen) atoms.